The lowest BCUT2D eigenvalue weighted by molar-refractivity contribution is 0.108. The summed E-state index contributed by atoms with van der Waals surface area (Å²) in [5.41, 5.74) is 11.1. The van der Waals surface area contributed by atoms with E-state index in [0.29, 0.717) is 6.04 Å². The van der Waals surface area contributed by atoms with Crippen LogP contribution in [0.25, 0.3) is 0 Å². The fourth-order valence-electron chi connectivity index (χ4n) is 4.49. The van der Waals surface area contributed by atoms with Crippen LogP contribution < -0.4 is 15.2 Å². The summed E-state index contributed by atoms with van der Waals surface area (Å²) in [5.74, 6) is 1.73. The molecule has 2 aliphatic rings. The number of aliphatic hydroxyl groups excluding tert-OH is 1. The van der Waals surface area contributed by atoms with Gasteiger partial charge in [-0.05, 0) is 53.8 Å². The number of nitrogens with two attached hydrogens (primary N) is 1. The van der Waals surface area contributed by atoms with E-state index in [1.807, 2.05) is 12.1 Å². The summed E-state index contributed by atoms with van der Waals surface area (Å²) in [6.07, 6.45) is 3.62. The largest absolute Gasteiger partial charge is 0.493 e. The van der Waals surface area contributed by atoms with Crippen molar-refractivity contribution in [3.05, 3.63) is 52.8 Å². The molecule has 1 saturated heterocycles. The van der Waals surface area contributed by atoms with Crippen LogP contribution in [0.15, 0.2) is 30.5 Å². The summed E-state index contributed by atoms with van der Waals surface area (Å²) in [6.45, 7) is 1.90. The van der Waals surface area contributed by atoms with Crippen molar-refractivity contribution in [1.29, 1.82) is 0 Å². The van der Waals surface area contributed by atoms with Crippen LogP contribution in [0, 0.1) is 0 Å². The number of fused-ring (bicyclic) bond motifs is 3. The number of hydrogen-bond donors (Lipinski definition) is 2. The van der Waals surface area contributed by atoms with Crippen LogP contribution in [0.2, 0.25) is 0 Å². The zero-order valence-corrected chi connectivity index (χ0v) is 15.9. The highest BCUT2D eigenvalue weighted by atomic mass is 16.5. The molecule has 1 aromatic carbocycles. The van der Waals surface area contributed by atoms with E-state index in [1.54, 1.807) is 20.4 Å². The van der Waals surface area contributed by atoms with Crippen LogP contribution in [0.1, 0.15) is 40.8 Å². The minimum Gasteiger partial charge on any atom is -0.493 e. The van der Waals surface area contributed by atoms with E-state index in [1.165, 1.54) is 11.1 Å². The smallest absolute Gasteiger partial charge is 0.161 e. The summed E-state index contributed by atoms with van der Waals surface area (Å²) in [7, 11) is 3.35. The molecule has 0 spiro atoms. The number of hydrogen-bond acceptors (Lipinski definition) is 6. The number of methoxy groups -OCH3 is 2. The first kappa shape index (κ1) is 18.2. The predicted octanol–water partition coefficient (Wildman–Crippen LogP) is 2.01. The van der Waals surface area contributed by atoms with Gasteiger partial charge in [0.15, 0.2) is 11.5 Å². The topological polar surface area (TPSA) is 80.8 Å². The average Bonchev–Trinajstić information content (AvgIpc) is 2.72. The summed E-state index contributed by atoms with van der Waals surface area (Å²) < 4.78 is 11.0. The molecule has 3 atom stereocenters. The van der Waals surface area contributed by atoms with Crippen molar-refractivity contribution < 1.29 is 14.6 Å². The van der Waals surface area contributed by atoms with Crippen LogP contribution >= 0.6 is 0 Å². The fraction of sp³-hybridized carbons (Fsp3) is 0.476. The molecule has 1 aromatic heterocycles. The highest BCUT2D eigenvalue weighted by Gasteiger charge is 2.39. The van der Waals surface area contributed by atoms with Crippen molar-refractivity contribution in [1.82, 2.24) is 9.88 Å². The molecule has 27 heavy (non-hydrogen) atoms. The molecule has 4 rings (SSSR count). The SMILES string of the molecule is COc1cc2c(cc1OC)C1C[C@@H](N)[C@H](c3cc(CO)ccn3)CN1CC2. The van der Waals surface area contributed by atoms with Gasteiger partial charge in [-0.1, -0.05) is 0 Å². The van der Waals surface area contributed by atoms with Crippen molar-refractivity contribution in [2.75, 3.05) is 27.3 Å². The zero-order valence-electron chi connectivity index (χ0n) is 15.9. The Bertz CT molecular complexity index is 826. The van der Waals surface area contributed by atoms with Crippen molar-refractivity contribution in [2.45, 2.75) is 37.5 Å². The number of piperidine rings is 1. The Morgan fingerprint density at radius 2 is 2.00 bits per heavy atom. The first-order valence-corrected chi connectivity index (χ1v) is 9.44. The summed E-state index contributed by atoms with van der Waals surface area (Å²) >= 11 is 0. The monoisotopic (exact) mass is 369 g/mol. The van der Waals surface area contributed by atoms with Crippen LogP contribution in [0.5, 0.6) is 11.5 Å². The number of aromatic nitrogens is 1. The predicted molar refractivity (Wildman–Crippen MR) is 103 cm³/mol. The highest BCUT2D eigenvalue weighted by Crippen LogP contribution is 2.43. The summed E-state index contributed by atoms with van der Waals surface area (Å²) in [5, 5.41) is 9.42. The number of rotatable bonds is 4. The molecule has 0 saturated carbocycles. The van der Waals surface area contributed by atoms with Gasteiger partial charge in [-0.2, -0.15) is 0 Å². The number of aliphatic hydroxyl groups is 1. The normalized spacial score (nSPS) is 24.8. The van der Waals surface area contributed by atoms with Gasteiger partial charge in [-0.3, -0.25) is 9.88 Å². The minimum absolute atomic E-state index is 0.0201. The molecule has 6 heteroatoms. The third-order valence-electron chi connectivity index (χ3n) is 5.96. The molecule has 6 nitrogen and oxygen atoms in total. The van der Waals surface area contributed by atoms with Crippen molar-refractivity contribution in [3.63, 3.8) is 0 Å². The van der Waals surface area contributed by atoms with Gasteiger partial charge < -0.3 is 20.3 Å². The van der Waals surface area contributed by atoms with Crippen LogP contribution in [-0.4, -0.2) is 48.3 Å². The van der Waals surface area contributed by atoms with E-state index < -0.39 is 0 Å². The van der Waals surface area contributed by atoms with Crippen LogP contribution in [0.4, 0.5) is 0 Å². The Hall–Kier alpha value is -2.15. The van der Waals surface area contributed by atoms with Crippen molar-refractivity contribution in [2.24, 2.45) is 5.73 Å². The maximum Gasteiger partial charge on any atom is 0.161 e. The maximum absolute atomic E-state index is 9.42. The van der Waals surface area contributed by atoms with E-state index in [2.05, 4.69) is 22.0 Å². The molecule has 3 heterocycles. The van der Waals surface area contributed by atoms with Crippen molar-refractivity contribution in [3.8, 4) is 11.5 Å². The molecular formula is C21H27N3O3. The third-order valence-corrected chi connectivity index (χ3v) is 5.96. The van der Waals surface area contributed by atoms with E-state index in [4.69, 9.17) is 15.2 Å². The second kappa shape index (κ2) is 7.46. The highest BCUT2D eigenvalue weighted by molar-refractivity contribution is 5.49. The Balaban J connectivity index is 1.63. The molecular weight excluding hydrogens is 342 g/mol. The lowest BCUT2D eigenvalue weighted by atomic mass is 9.79. The van der Waals surface area contributed by atoms with E-state index in [-0.39, 0.29) is 18.6 Å². The second-order valence-corrected chi connectivity index (χ2v) is 7.42. The van der Waals surface area contributed by atoms with E-state index in [0.717, 1.165) is 48.7 Å². The molecule has 1 unspecified atom stereocenters. The number of ether oxygens (including phenoxy) is 2. The van der Waals surface area contributed by atoms with Gasteiger partial charge in [0.2, 0.25) is 0 Å². The lowest BCUT2D eigenvalue weighted by Crippen LogP contribution is -2.50. The molecule has 1 fully saturated rings. The molecule has 2 aromatic rings. The molecule has 0 bridgehead atoms. The Kier molecular flexibility index (Phi) is 5.04. The van der Waals surface area contributed by atoms with Gasteiger partial charge in [-0.25, -0.2) is 0 Å². The van der Waals surface area contributed by atoms with Crippen LogP contribution in [0.3, 0.4) is 0 Å². The Morgan fingerprint density at radius 1 is 1.22 bits per heavy atom. The minimum atomic E-state index is 0.0201. The van der Waals surface area contributed by atoms with E-state index >= 15 is 0 Å². The molecule has 0 aliphatic carbocycles. The molecule has 0 amide bonds. The van der Waals surface area contributed by atoms with Gasteiger partial charge in [0.25, 0.3) is 0 Å². The molecule has 2 aliphatic heterocycles. The molecule has 144 valence electrons. The Labute approximate surface area is 159 Å². The fourth-order valence-corrected chi connectivity index (χ4v) is 4.49. The van der Waals surface area contributed by atoms with Crippen LogP contribution in [-0.2, 0) is 13.0 Å². The summed E-state index contributed by atoms with van der Waals surface area (Å²) in [6, 6.07) is 8.36. The quantitative estimate of drug-likeness (QED) is 0.858. The average molecular weight is 369 g/mol. The number of nitrogens with zero attached hydrogens (tertiary/aromatic N) is 2. The standard InChI is InChI=1S/C21H27N3O3/c1-26-20-8-14-4-6-24-11-16(18-7-13(12-25)3-5-23-18)17(22)10-19(24)15(14)9-21(20)27-2/h3,5,7-9,16-17,19,25H,4,6,10-12,22H2,1-2H3/t16-,17-,19?/m1/s1. The van der Waals surface area contributed by atoms with Gasteiger partial charge in [0, 0.05) is 43.0 Å². The van der Waals surface area contributed by atoms with Crippen molar-refractivity contribution >= 4 is 0 Å². The van der Waals surface area contributed by atoms with Gasteiger partial charge >= 0.3 is 0 Å². The summed E-state index contributed by atoms with van der Waals surface area (Å²) in [4.78, 5) is 7.05. The van der Waals surface area contributed by atoms with Gasteiger partial charge in [0.1, 0.15) is 0 Å². The maximum atomic E-state index is 9.42. The third kappa shape index (κ3) is 3.29. The van der Waals surface area contributed by atoms with Gasteiger partial charge in [0.05, 0.1) is 20.8 Å². The van der Waals surface area contributed by atoms with E-state index in [9.17, 15) is 5.11 Å². The first-order chi connectivity index (χ1) is 13.1. The second-order valence-electron chi connectivity index (χ2n) is 7.42. The first-order valence-electron chi connectivity index (χ1n) is 9.44. The number of benzene rings is 1. The zero-order chi connectivity index (χ0) is 19.0. The Morgan fingerprint density at radius 3 is 2.74 bits per heavy atom. The molecule has 0 radical (unpaired) electrons. The molecule has 3 N–H and O–H groups in total. The number of pyridine rings is 1. The lowest BCUT2D eigenvalue weighted by Gasteiger charge is -2.46. The van der Waals surface area contributed by atoms with Gasteiger partial charge in [-0.15, -0.1) is 0 Å².